The van der Waals surface area contributed by atoms with Crippen molar-refractivity contribution >= 4 is 11.0 Å². The molecule has 0 aliphatic heterocycles. The summed E-state index contributed by atoms with van der Waals surface area (Å²) in [5.74, 6) is 2.50. The molecule has 0 amide bonds. The first-order chi connectivity index (χ1) is 25.0. The number of imidazole rings is 1. The van der Waals surface area contributed by atoms with Crippen LogP contribution >= 0.6 is 0 Å². The van der Waals surface area contributed by atoms with Crippen molar-refractivity contribution in [2.24, 2.45) is 0 Å². The van der Waals surface area contributed by atoms with Gasteiger partial charge in [-0.1, -0.05) is 116 Å². The molecule has 1 N–H and O–H groups in total. The molecule has 0 saturated heterocycles. The molecule has 53 heavy (non-hydrogen) atoms. The quantitative estimate of drug-likeness (QED) is 0.147. The monoisotopic (exact) mass is 877 g/mol. The van der Waals surface area contributed by atoms with Gasteiger partial charge in [0.05, 0.1) is 28.2 Å². The number of aromatic nitrogens is 3. The van der Waals surface area contributed by atoms with Gasteiger partial charge in [0, 0.05) is 37.9 Å². The van der Waals surface area contributed by atoms with E-state index in [2.05, 4.69) is 133 Å². The fourth-order valence-corrected chi connectivity index (χ4v) is 7.18. The molecule has 0 atom stereocenters. The van der Waals surface area contributed by atoms with E-state index < -0.39 is 0 Å². The summed E-state index contributed by atoms with van der Waals surface area (Å²) in [6.07, 6.45) is 0. The Morgan fingerprint density at radius 1 is 0.566 bits per heavy atom. The molecule has 272 valence electrons. The first-order valence-corrected chi connectivity index (χ1v) is 18.6. The molecule has 0 radical (unpaired) electrons. The Balaban J connectivity index is 0.00000481. The molecule has 5 aromatic carbocycles. The summed E-state index contributed by atoms with van der Waals surface area (Å²) < 4.78 is 2.34. The number of fused-ring (bicyclic) bond motifs is 1. The number of rotatable bonds is 9. The van der Waals surface area contributed by atoms with Gasteiger partial charge in [0.25, 0.3) is 0 Å². The number of pyridine rings is 1. The molecule has 0 aliphatic rings. The van der Waals surface area contributed by atoms with Crippen molar-refractivity contribution in [3.8, 4) is 56.5 Å². The van der Waals surface area contributed by atoms with Gasteiger partial charge in [-0.25, -0.2) is 4.98 Å². The zero-order valence-electron chi connectivity index (χ0n) is 31.9. The van der Waals surface area contributed by atoms with E-state index >= 15 is 0 Å². The Labute approximate surface area is 329 Å². The Hall–Kier alpha value is -4.79. The number of aromatic hydroxyl groups is 1. The number of hydrogen-bond acceptors (Lipinski definition) is 3. The SMILES string of the molecule is CC(C)c1cc(-c2ccc(O)c(-c3cccc(-c4cccc5c4nc(-c4[c-]cccc4)n5-c4c(C(C)C)cccc4C(C)C)n3)c2)cc(C(C)C)c1.[Pt]. The summed E-state index contributed by atoms with van der Waals surface area (Å²) in [6, 6.07) is 43.3. The summed E-state index contributed by atoms with van der Waals surface area (Å²) >= 11 is 0. The van der Waals surface area contributed by atoms with Crippen LogP contribution in [0.2, 0.25) is 0 Å². The molecule has 2 aromatic heterocycles. The summed E-state index contributed by atoms with van der Waals surface area (Å²) in [4.78, 5) is 10.6. The molecule has 4 nitrogen and oxygen atoms in total. The van der Waals surface area contributed by atoms with Crippen LogP contribution in [0, 0.1) is 6.07 Å². The number of phenolic OH excluding ortho intramolecular Hbond substituents is 1. The number of para-hydroxylation sites is 2. The third-order valence-corrected chi connectivity index (χ3v) is 10.1. The minimum Gasteiger partial charge on any atom is -0.507 e. The van der Waals surface area contributed by atoms with Crippen LogP contribution in [0.3, 0.4) is 0 Å². The molecule has 0 bridgehead atoms. The number of phenols is 1. The second kappa shape index (κ2) is 15.7. The average molecular weight is 878 g/mol. The van der Waals surface area contributed by atoms with Gasteiger partial charge >= 0.3 is 0 Å². The first-order valence-electron chi connectivity index (χ1n) is 18.6. The van der Waals surface area contributed by atoms with E-state index in [1.807, 2.05) is 42.5 Å². The molecular weight excluding hydrogens is 830 g/mol. The number of hydrogen-bond donors (Lipinski definition) is 1. The van der Waals surface area contributed by atoms with Crippen LogP contribution in [0.4, 0.5) is 0 Å². The van der Waals surface area contributed by atoms with Gasteiger partial charge in [-0.3, -0.25) is 4.98 Å². The minimum absolute atomic E-state index is 0. The predicted molar refractivity (Wildman–Crippen MR) is 217 cm³/mol. The molecule has 5 heteroatoms. The summed E-state index contributed by atoms with van der Waals surface area (Å²) in [5.41, 5.74) is 14.5. The van der Waals surface area contributed by atoms with Crippen LogP contribution in [0.5, 0.6) is 5.75 Å². The number of benzene rings is 5. The molecule has 0 spiro atoms. The van der Waals surface area contributed by atoms with Crippen molar-refractivity contribution in [2.45, 2.75) is 79.1 Å². The molecule has 0 saturated carbocycles. The zero-order valence-corrected chi connectivity index (χ0v) is 34.2. The predicted octanol–water partition coefficient (Wildman–Crippen LogP) is 13.1. The van der Waals surface area contributed by atoms with Crippen molar-refractivity contribution in [2.75, 3.05) is 0 Å². The second-order valence-corrected chi connectivity index (χ2v) is 15.2. The number of nitrogens with zero attached hydrogens (tertiary/aromatic N) is 3. The van der Waals surface area contributed by atoms with Gasteiger partial charge in [0.2, 0.25) is 0 Å². The maximum Gasteiger partial charge on any atom is 0.125 e. The Kier molecular flexibility index (Phi) is 11.2. The minimum atomic E-state index is 0. The van der Waals surface area contributed by atoms with Gasteiger partial charge in [-0.05, 0) is 87.4 Å². The topological polar surface area (TPSA) is 50.9 Å². The van der Waals surface area contributed by atoms with Gasteiger partial charge in [0.15, 0.2) is 0 Å². The van der Waals surface area contributed by atoms with Crippen molar-refractivity contribution in [1.82, 2.24) is 14.5 Å². The molecule has 0 aliphatic carbocycles. The molecule has 0 fully saturated rings. The normalized spacial score (nSPS) is 11.6. The van der Waals surface area contributed by atoms with Crippen molar-refractivity contribution in [3.63, 3.8) is 0 Å². The molecule has 7 aromatic rings. The molecule has 0 unspecified atom stereocenters. The smallest absolute Gasteiger partial charge is 0.125 e. The Morgan fingerprint density at radius 2 is 1.19 bits per heavy atom. The van der Waals surface area contributed by atoms with Crippen LogP contribution in [0.1, 0.15) is 101 Å². The van der Waals surface area contributed by atoms with E-state index in [0.29, 0.717) is 34.9 Å². The molecule has 7 rings (SSSR count). The van der Waals surface area contributed by atoms with E-state index in [1.165, 1.54) is 27.9 Å². The standard InChI is InChI=1S/C48H48N3O.Pt/c1-29(2)35-25-36(30(3)4)27-37(26-35)34-23-24-45(52)41(28-34)43-21-14-20-42(49-43)40-19-13-22-44-46(40)50-48(33-15-10-9-11-16-33)51(44)47-38(31(5)6)17-12-18-39(47)32(7)8;/h9-15,17-32,52H,1-8H3;/q-1;. The van der Waals surface area contributed by atoms with Crippen LogP contribution < -0.4 is 0 Å². The van der Waals surface area contributed by atoms with Crippen molar-refractivity contribution < 1.29 is 26.2 Å². The largest absolute Gasteiger partial charge is 0.507 e. The average Bonchev–Trinajstić information content (AvgIpc) is 3.54. The molecular formula is C48H48N3OPt-. The summed E-state index contributed by atoms with van der Waals surface area (Å²) in [7, 11) is 0. The van der Waals surface area contributed by atoms with Gasteiger partial charge < -0.3 is 9.67 Å². The van der Waals surface area contributed by atoms with Crippen LogP contribution in [-0.2, 0) is 21.1 Å². The maximum atomic E-state index is 11.2. The fourth-order valence-electron chi connectivity index (χ4n) is 7.18. The third kappa shape index (κ3) is 7.40. The summed E-state index contributed by atoms with van der Waals surface area (Å²) in [5, 5.41) is 11.2. The Bertz CT molecular complexity index is 2330. The van der Waals surface area contributed by atoms with E-state index in [9.17, 15) is 5.11 Å². The maximum absolute atomic E-state index is 11.2. The third-order valence-electron chi connectivity index (χ3n) is 10.1. The summed E-state index contributed by atoms with van der Waals surface area (Å²) in [6.45, 7) is 18.0. The molecule has 2 heterocycles. The van der Waals surface area contributed by atoms with Crippen molar-refractivity contribution in [1.29, 1.82) is 0 Å². The van der Waals surface area contributed by atoms with Crippen LogP contribution in [-0.4, -0.2) is 19.6 Å². The van der Waals surface area contributed by atoms with Crippen LogP contribution in [0.15, 0.2) is 115 Å². The fraction of sp³-hybridized carbons (Fsp3) is 0.250. The second-order valence-electron chi connectivity index (χ2n) is 15.2. The van der Waals surface area contributed by atoms with E-state index in [4.69, 9.17) is 9.97 Å². The van der Waals surface area contributed by atoms with E-state index in [-0.39, 0.29) is 26.8 Å². The van der Waals surface area contributed by atoms with Gasteiger partial charge in [-0.2, -0.15) is 0 Å². The van der Waals surface area contributed by atoms with E-state index in [0.717, 1.165) is 44.8 Å². The van der Waals surface area contributed by atoms with Gasteiger partial charge in [-0.15, -0.1) is 35.9 Å². The van der Waals surface area contributed by atoms with Gasteiger partial charge in [0.1, 0.15) is 5.75 Å². The Morgan fingerprint density at radius 3 is 1.79 bits per heavy atom. The van der Waals surface area contributed by atoms with E-state index in [1.54, 1.807) is 6.07 Å². The van der Waals surface area contributed by atoms with Crippen molar-refractivity contribution in [3.05, 3.63) is 144 Å². The first kappa shape index (κ1) is 37.9. The zero-order chi connectivity index (χ0) is 36.7. The van der Waals surface area contributed by atoms with Crippen LogP contribution in [0.25, 0.3) is 61.8 Å².